The van der Waals surface area contributed by atoms with Gasteiger partial charge in [0.25, 0.3) is 5.91 Å². The summed E-state index contributed by atoms with van der Waals surface area (Å²) in [6.45, 7) is 2.16. The van der Waals surface area contributed by atoms with Crippen LogP contribution in [0.3, 0.4) is 0 Å². The molecule has 138 valence electrons. The highest BCUT2D eigenvalue weighted by molar-refractivity contribution is 8.00. The van der Waals surface area contributed by atoms with Crippen molar-refractivity contribution in [3.8, 4) is 0 Å². The summed E-state index contributed by atoms with van der Waals surface area (Å²) in [4.78, 5) is 24.7. The number of thioether (sulfide) groups is 1. The summed E-state index contributed by atoms with van der Waals surface area (Å²) in [5.74, 6) is -1.31. The lowest BCUT2D eigenvalue weighted by Crippen LogP contribution is -2.38. The lowest BCUT2D eigenvalue weighted by molar-refractivity contribution is -0.120. The van der Waals surface area contributed by atoms with Gasteiger partial charge in [0.15, 0.2) is 0 Å². The molecule has 8 heteroatoms. The van der Waals surface area contributed by atoms with Gasteiger partial charge in [-0.15, -0.1) is 11.8 Å². The maximum atomic E-state index is 13.5. The molecule has 0 aromatic heterocycles. The highest BCUT2D eigenvalue weighted by Gasteiger charge is 2.16. The molecule has 0 aliphatic carbocycles. The molecule has 2 rings (SSSR count). The Hall–Kier alpha value is -1.76. The average Bonchev–Trinajstić information content (AvgIpc) is 2.61. The first-order chi connectivity index (χ1) is 12.4. The Bertz CT molecular complexity index is 805. The van der Waals surface area contributed by atoms with E-state index in [0.29, 0.717) is 10.0 Å². The standard InChI is InChI=1S/C18H17Cl2FN2O2S/c1-11(26-16-10-12(19)6-7-14(16)20)17(24)22-8-9-23-18(25)13-4-2-3-5-15(13)21/h2-7,10-11H,8-9H2,1H3,(H,22,24)(H,23,25). The van der Waals surface area contributed by atoms with Crippen molar-refractivity contribution < 1.29 is 14.0 Å². The molecule has 26 heavy (non-hydrogen) atoms. The van der Waals surface area contributed by atoms with E-state index in [1.54, 1.807) is 31.2 Å². The summed E-state index contributed by atoms with van der Waals surface area (Å²) in [5.41, 5.74) is -0.0293. The van der Waals surface area contributed by atoms with Crippen molar-refractivity contribution in [2.24, 2.45) is 0 Å². The van der Waals surface area contributed by atoms with Crippen molar-refractivity contribution in [1.29, 1.82) is 0 Å². The number of carbonyl (C=O) groups is 2. The second kappa shape index (κ2) is 9.80. The van der Waals surface area contributed by atoms with E-state index in [0.717, 1.165) is 4.90 Å². The first-order valence-corrected chi connectivity index (χ1v) is 9.44. The minimum absolute atomic E-state index is 0.0293. The predicted molar refractivity (Wildman–Crippen MR) is 104 cm³/mol. The van der Waals surface area contributed by atoms with Gasteiger partial charge in [-0.3, -0.25) is 9.59 Å². The second-order valence-corrected chi connectivity index (χ2v) is 7.59. The Balaban J connectivity index is 1.77. The zero-order valence-corrected chi connectivity index (χ0v) is 16.2. The molecule has 2 aromatic carbocycles. The normalized spacial score (nSPS) is 11.7. The van der Waals surface area contributed by atoms with E-state index in [1.165, 1.54) is 30.0 Å². The Labute approximate surface area is 165 Å². The monoisotopic (exact) mass is 414 g/mol. The summed E-state index contributed by atoms with van der Waals surface area (Å²) in [6, 6.07) is 10.8. The number of amides is 2. The summed E-state index contributed by atoms with van der Waals surface area (Å²) in [5, 5.41) is 5.95. The van der Waals surface area contributed by atoms with Crippen LogP contribution in [0.15, 0.2) is 47.4 Å². The summed E-state index contributed by atoms with van der Waals surface area (Å²) in [6.07, 6.45) is 0. The van der Waals surface area contributed by atoms with Gasteiger partial charge in [-0.25, -0.2) is 4.39 Å². The number of carbonyl (C=O) groups excluding carboxylic acids is 2. The van der Waals surface area contributed by atoms with E-state index in [-0.39, 0.29) is 24.6 Å². The molecule has 0 radical (unpaired) electrons. The topological polar surface area (TPSA) is 58.2 Å². The van der Waals surface area contributed by atoms with Gasteiger partial charge in [-0.1, -0.05) is 35.3 Å². The number of hydrogen-bond donors (Lipinski definition) is 2. The van der Waals surface area contributed by atoms with Crippen molar-refractivity contribution >= 4 is 46.8 Å². The van der Waals surface area contributed by atoms with E-state index in [2.05, 4.69) is 10.6 Å². The van der Waals surface area contributed by atoms with Gasteiger partial charge in [0, 0.05) is 23.0 Å². The van der Waals surface area contributed by atoms with Gasteiger partial charge in [0.2, 0.25) is 5.91 Å². The van der Waals surface area contributed by atoms with Crippen LogP contribution in [0.2, 0.25) is 10.0 Å². The zero-order chi connectivity index (χ0) is 19.1. The third-order valence-corrected chi connectivity index (χ3v) is 5.23. The lowest BCUT2D eigenvalue weighted by atomic mass is 10.2. The molecule has 1 atom stereocenters. The van der Waals surface area contributed by atoms with Crippen LogP contribution in [0.25, 0.3) is 0 Å². The first-order valence-electron chi connectivity index (χ1n) is 7.80. The maximum Gasteiger partial charge on any atom is 0.254 e. The average molecular weight is 415 g/mol. The minimum atomic E-state index is -0.586. The molecule has 2 aromatic rings. The fourth-order valence-electron chi connectivity index (χ4n) is 2.06. The maximum absolute atomic E-state index is 13.5. The van der Waals surface area contributed by atoms with Crippen molar-refractivity contribution in [3.63, 3.8) is 0 Å². The van der Waals surface area contributed by atoms with Crippen LogP contribution in [-0.4, -0.2) is 30.2 Å². The van der Waals surface area contributed by atoms with Crippen molar-refractivity contribution in [2.45, 2.75) is 17.1 Å². The molecule has 0 fully saturated rings. The lowest BCUT2D eigenvalue weighted by Gasteiger charge is -2.13. The van der Waals surface area contributed by atoms with Crippen molar-refractivity contribution in [2.75, 3.05) is 13.1 Å². The molecule has 2 amide bonds. The molecular formula is C18H17Cl2FN2O2S. The van der Waals surface area contributed by atoms with E-state index in [1.807, 2.05) is 0 Å². The zero-order valence-electron chi connectivity index (χ0n) is 13.9. The highest BCUT2D eigenvalue weighted by atomic mass is 35.5. The second-order valence-electron chi connectivity index (χ2n) is 5.36. The van der Waals surface area contributed by atoms with E-state index in [4.69, 9.17) is 23.2 Å². The Morgan fingerprint density at radius 2 is 1.81 bits per heavy atom. The van der Waals surface area contributed by atoms with Crippen LogP contribution < -0.4 is 10.6 Å². The molecule has 0 saturated heterocycles. The Morgan fingerprint density at radius 3 is 2.54 bits per heavy atom. The third-order valence-electron chi connectivity index (χ3n) is 3.39. The van der Waals surface area contributed by atoms with Gasteiger partial charge in [0.05, 0.1) is 15.8 Å². The van der Waals surface area contributed by atoms with Gasteiger partial charge in [0.1, 0.15) is 5.82 Å². The summed E-state index contributed by atoms with van der Waals surface area (Å²) in [7, 11) is 0. The highest BCUT2D eigenvalue weighted by Crippen LogP contribution is 2.32. The van der Waals surface area contributed by atoms with Crippen molar-refractivity contribution in [1.82, 2.24) is 10.6 Å². The van der Waals surface area contributed by atoms with E-state index in [9.17, 15) is 14.0 Å². The van der Waals surface area contributed by atoms with Crippen molar-refractivity contribution in [3.05, 3.63) is 63.9 Å². The van der Waals surface area contributed by atoms with Gasteiger partial charge in [-0.2, -0.15) is 0 Å². The molecule has 2 N–H and O–H groups in total. The SMILES string of the molecule is CC(Sc1cc(Cl)ccc1Cl)C(=O)NCCNC(=O)c1ccccc1F. The number of halogens is 3. The van der Waals surface area contributed by atoms with Crippen LogP contribution in [0, 0.1) is 5.82 Å². The summed E-state index contributed by atoms with van der Waals surface area (Å²) < 4.78 is 13.5. The Morgan fingerprint density at radius 1 is 1.12 bits per heavy atom. The number of benzene rings is 2. The van der Waals surface area contributed by atoms with Gasteiger partial charge in [-0.05, 0) is 37.3 Å². The molecule has 0 saturated carbocycles. The fourth-order valence-corrected chi connectivity index (χ4v) is 3.49. The van der Waals surface area contributed by atoms with Gasteiger partial charge < -0.3 is 10.6 Å². The van der Waals surface area contributed by atoms with E-state index >= 15 is 0 Å². The van der Waals surface area contributed by atoms with Gasteiger partial charge >= 0.3 is 0 Å². The van der Waals surface area contributed by atoms with Crippen LogP contribution in [0.4, 0.5) is 4.39 Å². The molecular weight excluding hydrogens is 398 g/mol. The molecule has 1 unspecified atom stereocenters. The fraction of sp³-hybridized carbons (Fsp3) is 0.222. The van der Waals surface area contributed by atoms with Crippen LogP contribution >= 0.6 is 35.0 Å². The predicted octanol–water partition coefficient (Wildman–Crippen LogP) is 4.16. The molecule has 0 bridgehead atoms. The molecule has 0 heterocycles. The molecule has 4 nitrogen and oxygen atoms in total. The van der Waals surface area contributed by atoms with Crippen LogP contribution in [-0.2, 0) is 4.79 Å². The molecule has 0 spiro atoms. The first kappa shape index (κ1) is 20.6. The third kappa shape index (κ3) is 5.90. The van der Waals surface area contributed by atoms with Crippen LogP contribution in [0.5, 0.6) is 0 Å². The number of rotatable bonds is 7. The quantitative estimate of drug-likeness (QED) is 0.528. The molecule has 0 aliphatic rings. The largest absolute Gasteiger partial charge is 0.353 e. The number of nitrogens with one attached hydrogen (secondary N) is 2. The Kier molecular flexibility index (Phi) is 7.75. The summed E-state index contributed by atoms with van der Waals surface area (Å²) >= 11 is 13.3. The molecule has 0 aliphatic heterocycles. The van der Waals surface area contributed by atoms with Crippen LogP contribution in [0.1, 0.15) is 17.3 Å². The smallest absolute Gasteiger partial charge is 0.254 e. The minimum Gasteiger partial charge on any atom is -0.353 e. The van der Waals surface area contributed by atoms with E-state index < -0.39 is 17.0 Å². The number of hydrogen-bond acceptors (Lipinski definition) is 3.